The van der Waals surface area contributed by atoms with E-state index in [4.69, 9.17) is 0 Å². The Bertz CT molecular complexity index is 1630. The van der Waals surface area contributed by atoms with Crippen LogP contribution in [0, 0.1) is 18.6 Å². The zero-order valence-electron chi connectivity index (χ0n) is 18.6. The van der Waals surface area contributed by atoms with Crippen molar-refractivity contribution >= 4 is 42.7 Å². The van der Waals surface area contributed by atoms with E-state index in [0.29, 0.717) is 6.42 Å². The van der Waals surface area contributed by atoms with Gasteiger partial charge >= 0.3 is 10.2 Å². The van der Waals surface area contributed by atoms with Gasteiger partial charge in [-0.25, -0.2) is 21.9 Å². The number of carbonyl (C=O) groups is 1. The molecule has 1 amide bonds. The van der Waals surface area contributed by atoms with E-state index in [1.165, 1.54) is 13.0 Å². The van der Waals surface area contributed by atoms with Gasteiger partial charge in [0.2, 0.25) is 15.6 Å². The van der Waals surface area contributed by atoms with Crippen molar-refractivity contribution in [2.75, 3.05) is 23.7 Å². The summed E-state index contributed by atoms with van der Waals surface area (Å²) in [5.74, 6) is -2.74. The number of rotatable bonds is 5. The Labute approximate surface area is 199 Å². The molecule has 1 saturated heterocycles. The summed E-state index contributed by atoms with van der Waals surface area (Å²) in [6, 6.07) is 3.30. The van der Waals surface area contributed by atoms with Crippen molar-refractivity contribution in [3.05, 3.63) is 63.2 Å². The first-order valence-corrected chi connectivity index (χ1v) is 13.6. The molecule has 0 spiro atoms. The SMILES string of the molecule is Cc1cc2c(N3CCCNS3(=O)=O)c(C(=O)NS(C)(=O)=O)n(Cc3cc(=O)[nH]cc3F)c2cc1F. The number of aromatic amines is 1. The highest BCUT2D eigenvalue weighted by Gasteiger charge is 2.35. The van der Waals surface area contributed by atoms with Crippen molar-refractivity contribution in [2.24, 2.45) is 0 Å². The molecule has 3 N–H and O–H groups in total. The minimum absolute atomic E-state index is 0.00204. The third-order valence-electron chi connectivity index (χ3n) is 5.45. The maximum atomic E-state index is 14.6. The summed E-state index contributed by atoms with van der Waals surface area (Å²) in [6.07, 6.45) is 1.91. The van der Waals surface area contributed by atoms with Gasteiger partial charge in [-0.2, -0.15) is 13.1 Å². The molecule has 0 saturated carbocycles. The van der Waals surface area contributed by atoms with Gasteiger partial charge in [-0.05, 0) is 31.0 Å². The van der Waals surface area contributed by atoms with Gasteiger partial charge < -0.3 is 9.55 Å². The zero-order valence-corrected chi connectivity index (χ0v) is 20.2. The van der Waals surface area contributed by atoms with Crippen LogP contribution in [0.3, 0.4) is 0 Å². The van der Waals surface area contributed by atoms with Crippen molar-refractivity contribution in [3.8, 4) is 0 Å². The average molecular weight is 530 g/mol. The second-order valence-corrected chi connectivity index (χ2v) is 11.5. The number of H-pyrrole nitrogens is 1. The van der Waals surface area contributed by atoms with Crippen molar-refractivity contribution in [3.63, 3.8) is 0 Å². The van der Waals surface area contributed by atoms with Crippen LogP contribution in [0.15, 0.2) is 29.2 Å². The Morgan fingerprint density at radius 2 is 1.91 bits per heavy atom. The summed E-state index contributed by atoms with van der Waals surface area (Å²) in [5, 5.41) is 0.125. The number of hydrogen-bond acceptors (Lipinski definition) is 6. The second kappa shape index (κ2) is 8.73. The molecular formula is C20H21F2N5O6S2. The Kier molecular flexibility index (Phi) is 6.19. The molecule has 0 aliphatic carbocycles. The summed E-state index contributed by atoms with van der Waals surface area (Å²) in [7, 11) is -8.25. The van der Waals surface area contributed by atoms with Gasteiger partial charge in [-0.15, -0.1) is 0 Å². The summed E-state index contributed by atoms with van der Waals surface area (Å²) < 4.78 is 84.8. The predicted octanol–water partition coefficient (Wildman–Crippen LogP) is 0.698. The largest absolute Gasteiger partial charge is 0.330 e. The number of hydrogen-bond donors (Lipinski definition) is 3. The zero-order chi connectivity index (χ0) is 25.7. The number of carbonyl (C=O) groups excluding carboxylic acids is 1. The number of anilines is 1. The lowest BCUT2D eigenvalue weighted by Crippen LogP contribution is -2.47. The molecule has 188 valence electrons. The van der Waals surface area contributed by atoms with Gasteiger partial charge in [-0.3, -0.25) is 13.9 Å². The fraction of sp³-hybridized carbons (Fsp3) is 0.300. The van der Waals surface area contributed by atoms with Gasteiger partial charge in [0, 0.05) is 36.3 Å². The van der Waals surface area contributed by atoms with Crippen LogP contribution in [0.25, 0.3) is 10.9 Å². The number of aryl methyl sites for hydroxylation is 1. The molecule has 0 radical (unpaired) electrons. The number of halogens is 2. The summed E-state index contributed by atoms with van der Waals surface area (Å²) in [5.41, 5.74) is -1.35. The monoisotopic (exact) mass is 529 g/mol. The van der Waals surface area contributed by atoms with Crippen LogP contribution in [0.4, 0.5) is 14.5 Å². The highest BCUT2D eigenvalue weighted by Crippen LogP contribution is 2.38. The van der Waals surface area contributed by atoms with Crippen molar-refractivity contribution in [1.29, 1.82) is 0 Å². The smallest absolute Gasteiger partial charge is 0.301 e. The fourth-order valence-corrected chi connectivity index (χ4v) is 5.75. The second-order valence-electron chi connectivity index (χ2n) is 8.10. The molecule has 0 unspecified atom stereocenters. The summed E-state index contributed by atoms with van der Waals surface area (Å²) >= 11 is 0. The maximum Gasteiger partial charge on any atom is 0.301 e. The van der Waals surface area contributed by atoms with Crippen LogP contribution in [-0.4, -0.2) is 51.6 Å². The molecule has 1 aliphatic heterocycles. The average Bonchev–Trinajstić information content (AvgIpc) is 3.02. The molecule has 0 atom stereocenters. The number of nitrogens with zero attached hydrogens (tertiary/aromatic N) is 2. The van der Waals surface area contributed by atoms with E-state index in [9.17, 15) is 35.2 Å². The summed E-state index contributed by atoms with van der Waals surface area (Å²) in [4.78, 5) is 27.2. The molecule has 15 heteroatoms. The van der Waals surface area contributed by atoms with E-state index in [2.05, 4.69) is 9.71 Å². The van der Waals surface area contributed by atoms with E-state index in [1.807, 2.05) is 0 Å². The first kappa shape index (κ1) is 24.8. The van der Waals surface area contributed by atoms with Crippen LogP contribution in [0.1, 0.15) is 28.0 Å². The van der Waals surface area contributed by atoms with Gasteiger partial charge in [0.15, 0.2) is 0 Å². The van der Waals surface area contributed by atoms with Crippen LogP contribution < -0.4 is 19.3 Å². The van der Waals surface area contributed by atoms with Crippen LogP contribution in [-0.2, 0) is 26.8 Å². The van der Waals surface area contributed by atoms with Crippen molar-refractivity contribution in [2.45, 2.75) is 19.9 Å². The van der Waals surface area contributed by atoms with Gasteiger partial charge in [-0.1, -0.05) is 0 Å². The maximum absolute atomic E-state index is 14.6. The summed E-state index contributed by atoms with van der Waals surface area (Å²) in [6.45, 7) is 1.03. The van der Waals surface area contributed by atoms with Crippen LogP contribution in [0.2, 0.25) is 0 Å². The number of benzene rings is 1. The molecule has 3 aromatic rings. The molecule has 35 heavy (non-hydrogen) atoms. The first-order chi connectivity index (χ1) is 16.3. The van der Waals surface area contributed by atoms with E-state index in [1.54, 1.807) is 4.72 Å². The van der Waals surface area contributed by atoms with Crippen molar-refractivity contribution in [1.82, 2.24) is 19.0 Å². The highest BCUT2D eigenvalue weighted by molar-refractivity contribution is 7.91. The Morgan fingerprint density at radius 3 is 2.57 bits per heavy atom. The molecule has 4 rings (SSSR count). The number of pyridine rings is 1. The lowest BCUT2D eigenvalue weighted by molar-refractivity contribution is 0.0974. The standard InChI is InChI=1S/C20H21F2N5O6S2/c1-11-6-13-16(8-14(11)21)26(10-12-7-17(28)23-9-15(12)22)19(20(29)25-34(2,30)31)18(13)27-5-3-4-24-35(27,32)33/h6-9,24H,3-5,10H2,1-2H3,(H,23,28)(H,25,29). The Hall–Kier alpha value is -3.30. The number of nitrogens with one attached hydrogen (secondary N) is 3. The molecule has 0 bridgehead atoms. The minimum atomic E-state index is -4.15. The fourth-order valence-electron chi connectivity index (χ4n) is 3.96. The quantitative estimate of drug-likeness (QED) is 0.443. The van der Waals surface area contributed by atoms with Crippen LogP contribution in [0.5, 0.6) is 0 Å². The Morgan fingerprint density at radius 1 is 1.20 bits per heavy atom. The number of amides is 1. The molecular weight excluding hydrogens is 508 g/mol. The Balaban J connectivity index is 2.10. The number of sulfonamides is 1. The van der Waals surface area contributed by atoms with Gasteiger partial charge in [0.25, 0.3) is 5.91 Å². The minimum Gasteiger partial charge on any atom is -0.330 e. The number of aromatic nitrogens is 2. The third kappa shape index (κ3) is 4.78. The highest BCUT2D eigenvalue weighted by atomic mass is 32.2. The normalized spacial score (nSPS) is 15.9. The molecule has 1 aliphatic rings. The lowest BCUT2D eigenvalue weighted by atomic mass is 10.1. The first-order valence-electron chi connectivity index (χ1n) is 10.3. The topological polar surface area (TPSA) is 150 Å². The van der Waals surface area contributed by atoms with Gasteiger partial charge in [0.1, 0.15) is 17.3 Å². The molecule has 2 aromatic heterocycles. The van der Waals surface area contributed by atoms with Crippen molar-refractivity contribution < 1.29 is 30.4 Å². The van der Waals surface area contributed by atoms with Crippen LogP contribution >= 0.6 is 0 Å². The lowest BCUT2D eigenvalue weighted by Gasteiger charge is -2.29. The molecule has 11 nitrogen and oxygen atoms in total. The van der Waals surface area contributed by atoms with E-state index in [-0.39, 0.29) is 40.8 Å². The molecule has 1 fully saturated rings. The molecule has 1 aromatic carbocycles. The molecule has 3 heterocycles. The van der Waals surface area contributed by atoms with E-state index >= 15 is 0 Å². The van der Waals surface area contributed by atoms with Gasteiger partial charge in [0.05, 0.1) is 24.0 Å². The number of fused-ring (bicyclic) bond motifs is 1. The van der Waals surface area contributed by atoms with E-state index in [0.717, 1.165) is 33.5 Å². The van der Waals surface area contributed by atoms with E-state index < -0.39 is 55.6 Å². The predicted molar refractivity (Wildman–Crippen MR) is 124 cm³/mol. The third-order valence-corrected chi connectivity index (χ3v) is 7.52.